The summed E-state index contributed by atoms with van der Waals surface area (Å²) in [5.74, 6) is 0.0320. The van der Waals surface area contributed by atoms with Crippen LogP contribution in [0.15, 0.2) is 51.8 Å². The second-order valence-corrected chi connectivity index (χ2v) is 9.90. The molecule has 0 aliphatic carbocycles. The van der Waals surface area contributed by atoms with Crippen molar-refractivity contribution >= 4 is 33.8 Å². The van der Waals surface area contributed by atoms with Crippen LogP contribution >= 0.6 is 11.8 Å². The number of carbonyl (C=O) groups excluding carboxylic acids is 1. The Morgan fingerprint density at radius 3 is 2.58 bits per heavy atom. The van der Waals surface area contributed by atoms with E-state index in [0.717, 1.165) is 12.0 Å². The summed E-state index contributed by atoms with van der Waals surface area (Å²) >= 11 is 1.19. The zero-order valence-electron chi connectivity index (χ0n) is 17.4. The summed E-state index contributed by atoms with van der Waals surface area (Å²) in [6, 6.07) is 10.7. The van der Waals surface area contributed by atoms with Crippen LogP contribution in [-0.2, 0) is 21.2 Å². The highest BCUT2D eigenvalue weighted by Gasteiger charge is 2.27. The molecule has 1 fully saturated rings. The number of carbonyl (C=O) groups is 1. The largest absolute Gasteiger partial charge is 0.339 e. The van der Waals surface area contributed by atoms with Crippen LogP contribution in [0.5, 0.6) is 0 Å². The standard InChI is InChI=1S/C21H26N4O4S2/c1-2-6-18-15-19(26)23-21(22-18)30-16-20(27)24-10-12-25(13-11-24)31(28,29)14-9-17-7-4-3-5-8-17/h3-5,7-9,14-15H,2,6,10-13,16H2,1H3,(H,22,23,26). The maximum Gasteiger partial charge on any atom is 0.251 e. The van der Waals surface area contributed by atoms with Crippen LogP contribution in [0.4, 0.5) is 0 Å². The van der Waals surface area contributed by atoms with Gasteiger partial charge in [0.05, 0.1) is 5.75 Å². The number of aromatic amines is 1. The Hall–Kier alpha value is -2.43. The summed E-state index contributed by atoms with van der Waals surface area (Å²) in [5, 5.41) is 1.64. The van der Waals surface area contributed by atoms with Crippen molar-refractivity contribution in [3.63, 3.8) is 0 Å². The second-order valence-electron chi connectivity index (χ2n) is 7.12. The number of H-pyrrole nitrogens is 1. The third kappa shape index (κ3) is 6.78. The summed E-state index contributed by atoms with van der Waals surface area (Å²) in [6.45, 7) is 3.17. The third-order valence-electron chi connectivity index (χ3n) is 4.79. The fourth-order valence-corrected chi connectivity index (χ4v) is 5.13. The molecule has 1 aliphatic heterocycles. The molecule has 10 heteroatoms. The maximum atomic E-state index is 12.6. The molecular weight excluding hydrogens is 436 g/mol. The molecule has 8 nitrogen and oxygen atoms in total. The van der Waals surface area contributed by atoms with Crippen LogP contribution in [0, 0.1) is 0 Å². The molecule has 0 atom stereocenters. The molecule has 1 aromatic heterocycles. The van der Waals surface area contributed by atoms with Gasteiger partial charge in [0.1, 0.15) is 0 Å². The van der Waals surface area contributed by atoms with Gasteiger partial charge in [0.25, 0.3) is 5.56 Å². The quantitative estimate of drug-likeness (QED) is 0.475. The van der Waals surface area contributed by atoms with E-state index >= 15 is 0 Å². The number of hydrogen-bond acceptors (Lipinski definition) is 6. The Kier molecular flexibility index (Phi) is 8.05. The molecule has 166 valence electrons. The summed E-state index contributed by atoms with van der Waals surface area (Å²) in [4.78, 5) is 32.9. The summed E-state index contributed by atoms with van der Waals surface area (Å²) in [5.41, 5.74) is 1.30. The molecule has 3 rings (SSSR count). The molecule has 2 heterocycles. The van der Waals surface area contributed by atoms with Crippen LogP contribution in [0.3, 0.4) is 0 Å². The van der Waals surface area contributed by atoms with Gasteiger partial charge in [-0.2, -0.15) is 4.31 Å². The number of amides is 1. The first-order chi connectivity index (χ1) is 14.9. The van der Waals surface area contributed by atoms with E-state index in [0.29, 0.717) is 30.4 Å². The molecular formula is C21H26N4O4S2. The average molecular weight is 463 g/mol. The SMILES string of the molecule is CCCc1cc(=O)[nH]c(SCC(=O)N2CCN(S(=O)(=O)C=Cc3ccccc3)CC2)n1. The van der Waals surface area contributed by atoms with Gasteiger partial charge < -0.3 is 9.88 Å². The number of nitrogens with one attached hydrogen (secondary N) is 1. The minimum atomic E-state index is -3.54. The van der Waals surface area contributed by atoms with Crippen LogP contribution < -0.4 is 5.56 Å². The number of aryl methyl sites for hydroxylation is 1. The molecule has 0 radical (unpaired) electrons. The molecule has 1 aliphatic rings. The molecule has 0 saturated carbocycles. The zero-order valence-corrected chi connectivity index (χ0v) is 19.0. The Labute approximate surface area is 186 Å². The summed E-state index contributed by atoms with van der Waals surface area (Å²) < 4.78 is 26.5. The highest BCUT2D eigenvalue weighted by Crippen LogP contribution is 2.16. The number of sulfonamides is 1. The molecule has 0 unspecified atom stereocenters. The number of nitrogens with zero attached hydrogens (tertiary/aromatic N) is 3. The number of piperazine rings is 1. The van der Waals surface area contributed by atoms with Crippen molar-refractivity contribution in [2.45, 2.75) is 24.9 Å². The topological polar surface area (TPSA) is 103 Å². The number of rotatable bonds is 8. The molecule has 0 spiro atoms. The van der Waals surface area contributed by atoms with Crippen LogP contribution in [0.25, 0.3) is 6.08 Å². The Balaban J connectivity index is 1.51. The lowest BCUT2D eigenvalue weighted by molar-refractivity contribution is -0.129. The Morgan fingerprint density at radius 1 is 1.19 bits per heavy atom. The van der Waals surface area contributed by atoms with Crippen molar-refractivity contribution in [3.8, 4) is 0 Å². The number of benzene rings is 1. The lowest BCUT2D eigenvalue weighted by Crippen LogP contribution is -2.50. The highest BCUT2D eigenvalue weighted by atomic mass is 32.2. The predicted molar refractivity (Wildman–Crippen MR) is 122 cm³/mol. The minimum Gasteiger partial charge on any atom is -0.339 e. The fourth-order valence-electron chi connectivity index (χ4n) is 3.16. The minimum absolute atomic E-state index is 0.106. The van der Waals surface area contributed by atoms with Gasteiger partial charge in [0, 0.05) is 43.3 Å². The van der Waals surface area contributed by atoms with E-state index in [1.54, 1.807) is 11.0 Å². The smallest absolute Gasteiger partial charge is 0.251 e. The van der Waals surface area contributed by atoms with Gasteiger partial charge in [-0.05, 0) is 18.1 Å². The maximum absolute atomic E-state index is 12.6. The first-order valence-corrected chi connectivity index (χ1v) is 12.6. The normalized spacial score (nSPS) is 15.5. The van der Waals surface area contributed by atoms with Gasteiger partial charge in [-0.15, -0.1) is 0 Å². The molecule has 2 aromatic rings. The zero-order chi connectivity index (χ0) is 22.3. The van der Waals surface area contributed by atoms with Gasteiger partial charge in [-0.1, -0.05) is 55.4 Å². The lowest BCUT2D eigenvalue weighted by atomic mass is 10.2. The first-order valence-electron chi connectivity index (χ1n) is 10.1. The Morgan fingerprint density at radius 2 is 1.90 bits per heavy atom. The second kappa shape index (κ2) is 10.7. The van der Waals surface area contributed by atoms with Crippen LogP contribution in [0.1, 0.15) is 24.6 Å². The van der Waals surface area contributed by atoms with Crippen molar-refractivity contribution in [3.05, 3.63) is 63.4 Å². The molecule has 1 amide bonds. The van der Waals surface area contributed by atoms with Crippen molar-refractivity contribution in [1.82, 2.24) is 19.2 Å². The third-order valence-corrected chi connectivity index (χ3v) is 7.22. The van der Waals surface area contributed by atoms with Gasteiger partial charge in [-0.3, -0.25) is 9.59 Å². The molecule has 1 N–H and O–H groups in total. The van der Waals surface area contributed by atoms with E-state index in [-0.39, 0.29) is 30.3 Å². The van der Waals surface area contributed by atoms with E-state index in [2.05, 4.69) is 9.97 Å². The van der Waals surface area contributed by atoms with Gasteiger partial charge in [0.15, 0.2) is 5.16 Å². The van der Waals surface area contributed by atoms with E-state index in [4.69, 9.17) is 0 Å². The van der Waals surface area contributed by atoms with Gasteiger partial charge >= 0.3 is 0 Å². The Bertz CT molecular complexity index is 1080. The van der Waals surface area contributed by atoms with Crippen LogP contribution in [0.2, 0.25) is 0 Å². The van der Waals surface area contributed by atoms with Crippen LogP contribution in [-0.4, -0.2) is 65.4 Å². The van der Waals surface area contributed by atoms with E-state index in [1.807, 2.05) is 37.3 Å². The van der Waals surface area contributed by atoms with E-state index in [9.17, 15) is 18.0 Å². The van der Waals surface area contributed by atoms with Gasteiger partial charge in [-0.25, -0.2) is 13.4 Å². The first kappa shape index (κ1) is 23.2. The van der Waals surface area contributed by atoms with Crippen molar-refractivity contribution in [2.24, 2.45) is 0 Å². The highest BCUT2D eigenvalue weighted by molar-refractivity contribution is 7.99. The monoisotopic (exact) mass is 462 g/mol. The summed E-state index contributed by atoms with van der Waals surface area (Å²) in [7, 11) is -3.54. The predicted octanol–water partition coefficient (Wildman–Crippen LogP) is 1.96. The number of hydrogen-bond donors (Lipinski definition) is 1. The number of thioether (sulfide) groups is 1. The van der Waals surface area contributed by atoms with E-state index in [1.165, 1.54) is 27.5 Å². The average Bonchev–Trinajstić information content (AvgIpc) is 2.77. The molecule has 31 heavy (non-hydrogen) atoms. The summed E-state index contributed by atoms with van der Waals surface area (Å²) in [6.07, 6.45) is 3.16. The van der Waals surface area contributed by atoms with Gasteiger partial charge in [0.2, 0.25) is 15.9 Å². The molecule has 1 saturated heterocycles. The lowest BCUT2D eigenvalue weighted by Gasteiger charge is -2.33. The molecule has 1 aromatic carbocycles. The van der Waals surface area contributed by atoms with Crippen molar-refractivity contribution < 1.29 is 13.2 Å². The van der Waals surface area contributed by atoms with Crippen molar-refractivity contribution in [2.75, 3.05) is 31.9 Å². The van der Waals surface area contributed by atoms with E-state index < -0.39 is 10.0 Å². The number of aromatic nitrogens is 2. The fraction of sp³-hybridized carbons (Fsp3) is 0.381. The van der Waals surface area contributed by atoms with Crippen molar-refractivity contribution in [1.29, 1.82) is 0 Å². The molecule has 0 bridgehead atoms.